The van der Waals surface area contributed by atoms with E-state index in [1.54, 1.807) is 0 Å². The van der Waals surface area contributed by atoms with Crippen molar-refractivity contribution in [2.24, 2.45) is 0 Å². The van der Waals surface area contributed by atoms with E-state index in [-0.39, 0.29) is 0 Å². The van der Waals surface area contributed by atoms with Crippen molar-refractivity contribution in [3.8, 4) is 16.8 Å². The number of nitrogens with zero attached hydrogens (tertiary/aromatic N) is 1. The third kappa shape index (κ3) is 4.35. The fourth-order valence-corrected chi connectivity index (χ4v) is 6.41. The topological polar surface area (TPSA) is 4.93 Å². The second-order valence-corrected chi connectivity index (χ2v) is 11.1. The molecule has 1 heterocycles. The normalized spacial score (nSPS) is 11.2. The quantitative estimate of drug-likeness (QED) is 0.206. The van der Waals surface area contributed by atoms with Crippen LogP contribution in [0.4, 0.5) is 0 Å². The van der Waals surface area contributed by atoms with Crippen molar-refractivity contribution in [3.63, 3.8) is 0 Å². The molecule has 0 fully saturated rings. The fraction of sp³-hybridized carbons (Fsp3) is 0.0732. The van der Waals surface area contributed by atoms with Crippen LogP contribution in [0, 0.1) is 20.8 Å². The van der Waals surface area contributed by atoms with Gasteiger partial charge in [-0.1, -0.05) is 127 Å². The number of fused-ring (bicyclic) bond motifs is 6. The summed E-state index contributed by atoms with van der Waals surface area (Å²) in [7, 11) is 0. The zero-order chi connectivity index (χ0) is 28.6. The summed E-state index contributed by atoms with van der Waals surface area (Å²) in [5, 5.41) is 7.84. The molecule has 0 amide bonds. The highest BCUT2D eigenvalue weighted by atomic mass is 15.0. The van der Waals surface area contributed by atoms with Crippen LogP contribution in [0.1, 0.15) is 16.7 Å². The Hall–Kier alpha value is -5.14. The molecule has 0 aliphatic carbocycles. The predicted octanol–water partition coefficient (Wildman–Crippen LogP) is 11.4. The predicted molar refractivity (Wildman–Crippen MR) is 182 cm³/mol. The van der Waals surface area contributed by atoms with Gasteiger partial charge >= 0.3 is 0 Å². The summed E-state index contributed by atoms with van der Waals surface area (Å²) < 4.78 is 2.43. The minimum absolute atomic E-state index is 1.19. The molecule has 1 aromatic heterocycles. The lowest BCUT2D eigenvalue weighted by molar-refractivity contribution is 1.18. The molecule has 42 heavy (non-hydrogen) atoms. The Morgan fingerprint density at radius 3 is 1.67 bits per heavy atom. The van der Waals surface area contributed by atoms with Crippen LogP contribution in [0.5, 0.6) is 0 Å². The smallest absolute Gasteiger partial charge is 0.0547 e. The molecule has 202 valence electrons. The number of hydrogen-bond acceptors (Lipinski definition) is 0. The van der Waals surface area contributed by atoms with E-state index in [9.17, 15) is 0 Å². The van der Waals surface area contributed by atoms with Crippen LogP contribution >= 0.6 is 0 Å². The highest BCUT2D eigenvalue weighted by molar-refractivity contribution is 6.25. The fourth-order valence-electron chi connectivity index (χ4n) is 6.41. The first-order chi connectivity index (χ1) is 20.6. The molecule has 0 N–H and O–H groups in total. The van der Waals surface area contributed by atoms with E-state index in [0.717, 1.165) is 0 Å². The molecule has 0 aliphatic rings. The number of aryl methyl sites for hydroxylation is 3. The van der Waals surface area contributed by atoms with Gasteiger partial charge in [-0.25, -0.2) is 0 Å². The summed E-state index contributed by atoms with van der Waals surface area (Å²) in [6, 6.07) is 52.2. The number of hydrogen-bond donors (Lipinski definition) is 0. The molecule has 0 unspecified atom stereocenters. The minimum atomic E-state index is 1.19. The molecular weight excluding hydrogens is 506 g/mol. The van der Waals surface area contributed by atoms with Crippen LogP contribution in [0.25, 0.3) is 60.2 Å². The molecule has 0 saturated heterocycles. The second-order valence-electron chi connectivity index (χ2n) is 11.1. The van der Waals surface area contributed by atoms with Crippen LogP contribution < -0.4 is 0 Å². The standard InChI is InChI=1S/C34H25N.C7H8/c1-22-16-20-31-34(32(22)28-19-17-24-10-6-8-14-27(24)23(28)2)33-29-15-9-7-11-25(29)18-21-30(33)35(31)26-12-4-3-5-13-26;1-7-5-3-2-4-6-7/h3-21H,1-2H3;2-6H,1H3. The Morgan fingerprint density at radius 2 is 0.976 bits per heavy atom. The van der Waals surface area contributed by atoms with Crippen LogP contribution in [0.3, 0.4) is 0 Å². The zero-order valence-electron chi connectivity index (χ0n) is 24.3. The number of para-hydroxylation sites is 1. The van der Waals surface area contributed by atoms with E-state index in [1.807, 2.05) is 18.2 Å². The molecule has 0 radical (unpaired) electrons. The van der Waals surface area contributed by atoms with Crippen molar-refractivity contribution >= 4 is 43.4 Å². The third-order valence-corrected chi connectivity index (χ3v) is 8.45. The van der Waals surface area contributed by atoms with Gasteiger partial charge in [-0.15, -0.1) is 0 Å². The molecule has 8 aromatic rings. The Balaban J connectivity index is 0.000000363. The molecule has 0 saturated carbocycles. The van der Waals surface area contributed by atoms with Gasteiger partial charge in [0.05, 0.1) is 11.0 Å². The van der Waals surface area contributed by atoms with E-state index < -0.39 is 0 Å². The van der Waals surface area contributed by atoms with Crippen molar-refractivity contribution in [2.75, 3.05) is 0 Å². The average molecular weight is 540 g/mol. The summed E-state index contributed by atoms with van der Waals surface area (Å²) in [4.78, 5) is 0. The highest BCUT2D eigenvalue weighted by Crippen LogP contribution is 2.44. The third-order valence-electron chi connectivity index (χ3n) is 8.45. The Morgan fingerprint density at radius 1 is 0.429 bits per heavy atom. The van der Waals surface area contributed by atoms with Gasteiger partial charge in [-0.2, -0.15) is 0 Å². The first kappa shape index (κ1) is 25.8. The lowest BCUT2D eigenvalue weighted by Gasteiger charge is -2.15. The van der Waals surface area contributed by atoms with Crippen LogP contribution in [0.2, 0.25) is 0 Å². The highest BCUT2D eigenvalue weighted by Gasteiger charge is 2.20. The maximum atomic E-state index is 2.43. The molecule has 0 aliphatic heterocycles. The van der Waals surface area contributed by atoms with Gasteiger partial charge in [0, 0.05) is 16.5 Å². The van der Waals surface area contributed by atoms with Gasteiger partial charge in [-0.3, -0.25) is 0 Å². The molecule has 8 rings (SSSR count). The average Bonchev–Trinajstić information content (AvgIpc) is 3.38. The van der Waals surface area contributed by atoms with Crippen molar-refractivity contribution < 1.29 is 0 Å². The first-order valence-corrected chi connectivity index (χ1v) is 14.6. The Labute approximate surface area is 247 Å². The zero-order valence-corrected chi connectivity index (χ0v) is 24.3. The second kappa shape index (κ2) is 10.7. The van der Waals surface area contributed by atoms with Gasteiger partial charge in [0.2, 0.25) is 0 Å². The number of aromatic nitrogens is 1. The van der Waals surface area contributed by atoms with Gasteiger partial charge < -0.3 is 4.57 Å². The van der Waals surface area contributed by atoms with Crippen molar-refractivity contribution in [3.05, 3.63) is 162 Å². The van der Waals surface area contributed by atoms with E-state index in [0.29, 0.717) is 0 Å². The first-order valence-electron chi connectivity index (χ1n) is 14.6. The van der Waals surface area contributed by atoms with E-state index >= 15 is 0 Å². The SMILES string of the molecule is Cc1ccc2c(c1-c1ccc3ccccc3c1C)c1c3ccccc3ccc1n2-c1ccccc1.Cc1ccccc1. The monoisotopic (exact) mass is 539 g/mol. The van der Waals surface area contributed by atoms with Crippen molar-refractivity contribution in [1.82, 2.24) is 4.57 Å². The summed E-state index contributed by atoms with van der Waals surface area (Å²) in [5.74, 6) is 0. The maximum Gasteiger partial charge on any atom is 0.0547 e. The number of rotatable bonds is 2. The molecule has 7 aromatic carbocycles. The minimum Gasteiger partial charge on any atom is -0.309 e. The van der Waals surface area contributed by atoms with Gasteiger partial charge in [0.15, 0.2) is 0 Å². The molecule has 0 atom stereocenters. The molecule has 0 bridgehead atoms. The van der Waals surface area contributed by atoms with E-state index in [2.05, 4.69) is 153 Å². The summed E-state index contributed by atoms with van der Waals surface area (Å²) in [6.45, 7) is 6.60. The van der Waals surface area contributed by atoms with E-state index in [1.165, 1.54) is 76.9 Å². The maximum absolute atomic E-state index is 2.43. The molecular formula is C41H33N. The summed E-state index contributed by atoms with van der Waals surface area (Å²) in [6.07, 6.45) is 0. The summed E-state index contributed by atoms with van der Waals surface area (Å²) >= 11 is 0. The molecule has 0 spiro atoms. The summed E-state index contributed by atoms with van der Waals surface area (Å²) in [5.41, 5.74) is 10.3. The Kier molecular flexibility index (Phi) is 6.56. The van der Waals surface area contributed by atoms with Crippen LogP contribution in [-0.4, -0.2) is 4.57 Å². The van der Waals surface area contributed by atoms with Gasteiger partial charge in [0.25, 0.3) is 0 Å². The molecule has 1 heteroatoms. The number of benzene rings is 7. The van der Waals surface area contributed by atoms with Crippen LogP contribution in [0.15, 0.2) is 146 Å². The van der Waals surface area contributed by atoms with Crippen LogP contribution in [-0.2, 0) is 0 Å². The largest absolute Gasteiger partial charge is 0.309 e. The lowest BCUT2D eigenvalue weighted by Crippen LogP contribution is -1.94. The molecule has 1 nitrogen and oxygen atoms in total. The van der Waals surface area contributed by atoms with Crippen molar-refractivity contribution in [2.45, 2.75) is 20.8 Å². The van der Waals surface area contributed by atoms with Gasteiger partial charge in [0.1, 0.15) is 0 Å². The lowest BCUT2D eigenvalue weighted by atomic mass is 9.89. The van der Waals surface area contributed by atoms with Crippen molar-refractivity contribution in [1.29, 1.82) is 0 Å². The Bertz CT molecular complexity index is 2200. The van der Waals surface area contributed by atoms with E-state index in [4.69, 9.17) is 0 Å². The van der Waals surface area contributed by atoms with Gasteiger partial charge in [-0.05, 0) is 88.8 Å².